The van der Waals surface area contributed by atoms with Crippen molar-refractivity contribution in [2.45, 2.75) is 63.8 Å². The Morgan fingerprint density at radius 2 is 1.95 bits per heavy atom. The predicted octanol–water partition coefficient (Wildman–Crippen LogP) is 4.22. The van der Waals surface area contributed by atoms with Gasteiger partial charge in [0, 0.05) is 41.6 Å². The standard InChI is InChI=1S/C27H33F3N4O4/c1-3-38-24-8-7-21(15-32-24)26(37)11-9-18(10-12-26)22(31)13-17(2)34-23(35)16-33-25(36)19-5-4-6-20(14-19)27(28,29)30/h4-8,14-15,17-18,31,37H,3,9-13,16H2,1-2H3,(H,33,36)(H,34,35)/t17-,18?,26?/m1/s1. The van der Waals surface area contributed by atoms with E-state index in [0.717, 1.165) is 23.8 Å². The number of aromatic nitrogens is 1. The summed E-state index contributed by atoms with van der Waals surface area (Å²) in [6.45, 7) is 3.72. The average molecular weight is 535 g/mol. The maximum atomic E-state index is 12.8. The van der Waals surface area contributed by atoms with Crippen LogP contribution in [-0.4, -0.2) is 46.8 Å². The molecule has 1 aliphatic rings. The Hall–Kier alpha value is -3.47. The van der Waals surface area contributed by atoms with Gasteiger partial charge >= 0.3 is 6.18 Å². The first-order valence-electron chi connectivity index (χ1n) is 12.5. The fraction of sp³-hybridized carbons (Fsp3) is 0.481. The molecule has 0 aliphatic heterocycles. The van der Waals surface area contributed by atoms with Gasteiger partial charge in [0.2, 0.25) is 11.8 Å². The molecule has 3 rings (SSSR count). The third-order valence-corrected chi connectivity index (χ3v) is 6.67. The second-order valence-electron chi connectivity index (χ2n) is 9.58. The maximum absolute atomic E-state index is 12.8. The van der Waals surface area contributed by atoms with E-state index in [9.17, 15) is 27.9 Å². The van der Waals surface area contributed by atoms with E-state index in [0.29, 0.717) is 50.3 Å². The SMILES string of the molecule is CCOc1ccc(C2(O)CCC(C(=N)C[C@@H](C)NC(=O)CNC(=O)c3cccc(C(F)(F)F)c3)CC2)cn1. The van der Waals surface area contributed by atoms with E-state index >= 15 is 0 Å². The Morgan fingerprint density at radius 3 is 2.55 bits per heavy atom. The zero-order valence-electron chi connectivity index (χ0n) is 21.4. The molecule has 11 heteroatoms. The van der Waals surface area contributed by atoms with E-state index in [1.807, 2.05) is 13.0 Å². The van der Waals surface area contributed by atoms with Crippen LogP contribution in [0.15, 0.2) is 42.6 Å². The highest BCUT2D eigenvalue weighted by molar-refractivity contribution is 5.96. The van der Waals surface area contributed by atoms with Crippen LogP contribution in [0, 0.1) is 11.3 Å². The molecular weight excluding hydrogens is 501 g/mol. The van der Waals surface area contributed by atoms with Gasteiger partial charge in [-0.15, -0.1) is 0 Å². The molecule has 38 heavy (non-hydrogen) atoms. The summed E-state index contributed by atoms with van der Waals surface area (Å²) in [5.74, 6) is -0.816. The van der Waals surface area contributed by atoms with Crippen LogP contribution < -0.4 is 15.4 Å². The Balaban J connectivity index is 1.43. The Bertz CT molecular complexity index is 1130. The van der Waals surface area contributed by atoms with Crippen molar-refractivity contribution in [1.82, 2.24) is 15.6 Å². The van der Waals surface area contributed by atoms with Gasteiger partial charge in [0.05, 0.1) is 24.3 Å². The zero-order valence-corrected chi connectivity index (χ0v) is 21.4. The molecule has 206 valence electrons. The number of pyridine rings is 1. The minimum atomic E-state index is -4.57. The largest absolute Gasteiger partial charge is 0.478 e. The quantitative estimate of drug-likeness (QED) is 0.340. The lowest BCUT2D eigenvalue weighted by Gasteiger charge is -2.36. The number of benzene rings is 1. The van der Waals surface area contributed by atoms with Crippen molar-refractivity contribution in [2.24, 2.45) is 5.92 Å². The normalized spacial score (nSPS) is 20.3. The van der Waals surface area contributed by atoms with Crippen LogP contribution in [0.3, 0.4) is 0 Å². The fourth-order valence-electron chi connectivity index (χ4n) is 4.59. The number of nitrogens with zero attached hydrogens (tertiary/aromatic N) is 1. The van der Waals surface area contributed by atoms with E-state index in [1.54, 1.807) is 19.2 Å². The topological polar surface area (TPSA) is 124 Å². The van der Waals surface area contributed by atoms with Gasteiger partial charge in [-0.1, -0.05) is 6.07 Å². The highest BCUT2D eigenvalue weighted by atomic mass is 19.4. The van der Waals surface area contributed by atoms with Crippen LogP contribution in [0.1, 0.15) is 67.4 Å². The molecule has 1 fully saturated rings. The van der Waals surface area contributed by atoms with Gasteiger partial charge in [-0.25, -0.2) is 4.98 Å². The molecule has 0 radical (unpaired) electrons. The summed E-state index contributed by atoms with van der Waals surface area (Å²) in [5.41, 5.74) is -0.956. The average Bonchev–Trinajstić information content (AvgIpc) is 2.87. The molecular formula is C27H33F3N4O4. The van der Waals surface area contributed by atoms with Gasteiger partial charge in [-0.3, -0.25) is 9.59 Å². The first-order chi connectivity index (χ1) is 17.9. The van der Waals surface area contributed by atoms with Crippen molar-refractivity contribution in [2.75, 3.05) is 13.2 Å². The summed E-state index contributed by atoms with van der Waals surface area (Å²) in [4.78, 5) is 28.7. The Kier molecular flexibility index (Phi) is 9.48. The molecule has 1 aromatic heterocycles. The lowest BCUT2D eigenvalue weighted by molar-refractivity contribution is -0.137. The van der Waals surface area contributed by atoms with E-state index in [4.69, 9.17) is 10.1 Å². The summed E-state index contributed by atoms with van der Waals surface area (Å²) in [7, 11) is 0. The molecule has 1 saturated carbocycles. The molecule has 2 aromatic rings. The van der Waals surface area contributed by atoms with E-state index < -0.39 is 35.7 Å². The van der Waals surface area contributed by atoms with Crippen molar-refractivity contribution in [3.63, 3.8) is 0 Å². The van der Waals surface area contributed by atoms with Crippen molar-refractivity contribution in [1.29, 1.82) is 5.41 Å². The van der Waals surface area contributed by atoms with Gasteiger partial charge in [0.25, 0.3) is 5.91 Å². The molecule has 0 unspecified atom stereocenters. The number of carbonyl (C=O) groups excluding carboxylic acids is 2. The molecule has 0 saturated heterocycles. The first-order valence-corrected chi connectivity index (χ1v) is 12.5. The third kappa shape index (κ3) is 7.77. The molecule has 1 aliphatic carbocycles. The highest BCUT2D eigenvalue weighted by Crippen LogP contribution is 2.40. The van der Waals surface area contributed by atoms with Crippen LogP contribution in [0.4, 0.5) is 13.2 Å². The number of hydrogen-bond donors (Lipinski definition) is 4. The van der Waals surface area contributed by atoms with Gasteiger partial charge < -0.3 is 25.9 Å². The highest BCUT2D eigenvalue weighted by Gasteiger charge is 2.36. The molecule has 1 heterocycles. The number of hydrogen-bond acceptors (Lipinski definition) is 6. The lowest BCUT2D eigenvalue weighted by Crippen LogP contribution is -2.42. The lowest BCUT2D eigenvalue weighted by atomic mass is 9.73. The van der Waals surface area contributed by atoms with Crippen LogP contribution in [-0.2, 0) is 16.6 Å². The first kappa shape index (κ1) is 29.1. The maximum Gasteiger partial charge on any atom is 0.416 e. The van der Waals surface area contributed by atoms with Crippen LogP contribution in [0.2, 0.25) is 0 Å². The number of amides is 2. The summed E-state index contributed by atoms with van der Waals surface area (Å²) in [6.07, 6.45) is -0.430. The van der Waals surface area contributed by atoms with Crippen molar-refractivity contribution in [3.8, 4) is 5.88 Å². The molecule has 2 amide bonds. The van der Waals surface area contributed by atoms with Gasteiger partial charge in [-0.2, -0.15) is 13.2 Å². The van der Waals surface area contributed by atoms with Gasteiger partial charge in [0.1, 0.15) is 0 Å². The van der Waals surface area contributed by atoms with Crippen LogP contribution in [0.25, 0.3) is 0 Å². The summed E-state index contributed by atoms with van der Waals surface area (Å²) < 4.78 is 43.9. The Morgan fingerprint density at radius 1 is 1.24 bits per heavy atom. The van der Waals surface area contributed by atoms with Crippen LogP contribution in [0.5, 0.6) is 5.88 Å². The second kappa shape index (κ2) is 12.4. The summed E-state index contributed by atoms with van der Waals surface area (Å²) in [5, 5.41) is 24.6. The van der Waals surface area contributed by atoms with Gasteiger partial charge in [-0.05, 0) is 69.7 Å². The van der Waals surface area contributed by atoms with Gasteiger partial charge in [0.15, 0.2) is 0 Å². The number of carbonyl (C=O) groups is 2. The summed E-state index contributed by atoms with van der Waals surface area (Å²) in [6, 6.07) is 7.14. The predicted molar refractivity (Wildman–Crippen MR) is 135 cm³/mol. The monoisotopic (exact) mass is 534 g/mol. The number of ether oxygens (including phenoxy) is 1. The summed E-state index contributed by atoms with van der Waals surface area (Å²) >= 11 is 0. The molecule has 1 atom stereocenters. The van der Waals surface area contributed by atoms with E-state index in [1.165, 1.54) is 6.07 Å². The third-order valence-electron chi connectivity index (χ3n) is 6.67. The molecule has 0 spiro atoms. The number of halogens is 3. The molecule has 0 bridgehead atoms. The Labute approximate surface area is 219 Å². The van der Waals surface area contributed by atoms with E-state index in [2.05, 4.69) is 15.6 Å². The van der Waals surface area contributed by atoms with Crippen LogP contribution >= 0.6 is 0 Å². The minimum absolute atomic E-state index is 0.0223. The molecule has 1 aromatic carbocycles. The number of rotatable bonds is 10. The van der Waals surface area contributed by atoms with Crippen molar-refractivity contribution in [3.05, 3.63) is 59.3 Å². The molecule has 8 nitrogen and oxygen atoms in total. The van der Waals surface area contributed by atoms with Crippen molar-refractivity contribution < 1.29 is 32.6 Å². The van der Waals surface area contributed by atoms with Crippen molar-refractivity contribution >= 4 is 17.5 Å². The fourth-order valence-corrected chi connectivity index (χ4v) is 4.59. The number of aliphatic hydroxyl groups is 1. The zero-order chi connectivity index (χ0) is 27.9. The van der Waals surface area contributed by atoms with E-state index in [-0.39, 0.29) is 17.5 Å². The molecule has 4 N–H and O–H groups in total. The minimum Gasteiger partial charge on any atom is -0.478 e. The number of nitrogens with one attached hydrogen (secondary N) is 3. The second-order valence-corrected chi connectivity index (χ2v) is 9.58. The number of alkyl halides is 3. The smallest absolute Gasteiger partial charge is 0.416 e.